The van der Waals surface area contributed by atoms with Crippen molar-refractivity contribution in [3.63, 3.8) is 0 Å². The fraction of sp³-hybridized carbons (Fsp3) is 0.286. The van der Waals surface area contributed by atoms with E-state index < -0.39 is 0 Å². The molecule has 0 fully saturated rings. The maximum Gasteiger partial charge on any atom is 0.238 e. The summed E-state index contributed by atoms with van der Waals surface area (Å²) in [5.41, 5.74) is 1.41. The van der Waals surface area contributed by atoms with Crippen molar-refractivity contribution in [3.05, 3.63) is 41.7 Å². The summed E-state index contributed by atoms with van der Waals surface area (Å²) in [7, 11) is 0. The van der Waals surface area contributed by atoms with Gasteiger partial charge in [0.15, 0.2) is 0 Å². The Kier molecular flexibility index (Phi) is 4.76. The maximum atomic E-state index is 11.9. The number of benzene rings is 1. The number of carbonyl (C=O) groups is 1. The van der Waals surface area contributed by atoms with Crippen LogP contribution in [0.15, 0.2) is 36.7 Å². The first-order chi connectivity index (χ1) is 9.56. The van der Waals surface area contributed by atoms with E-state index in [1.165, 1.54) is 0 Å². The third kappa shape index (κ3) is 3.82. The first-order valence-electron chi connectivity index (χ1n) is 6.39. The molecular formula is C14H17ClN4O. The number of hydrogen-bond acceptors (Lipinski definition) is 3. The molecular weight excluding hydrogens is 276 g/mol. The molecule has 106 valence electrons. The Hall–Kier alpha value is -1.85. The van der Waals surface area contributed by atoms with E-state index >= 15 is 0 Å². The lowest BCUT2D eigenvalue weighted by Gasteiger charge is -2.13. The van der Waals surface area contributed by atoms with E-state index in [1.54, 1.807) is 23.0 Å². The first-order valence-corrected chi connectivity index (χ1v) is 6.77. The lowest BCUT2D eigenvalue weighted by atomic mass is 10.2. The van der Waals surface area contributed by atoms with Gasteiger partial charge in [-0.25, -0.2) is 4.68 Å². The molecule has 0 unspecified atom stereocenters. The summed E-state index contributed by atoms with van der Waals surface area (Å²) in [6.07, 6.45) is 3.49. The molecule has 20 heavy (non-hydrogen) atoms. The fourth-order valence-electron chi connectivity index (χ4n) is 1.71. The number of nitrogens with one attached hydrogen (secondary N) is 2. The lowest BCUT2D eigenvalue weighted by molar-refractivity contribution is -0.115. The molecule has 0 radical (unpaired) electrons. The highest BCUT2D eigenvalue weighted by Gasteiger charge is 2.10. The van der Waals surface area contributed by atoms with Crippen molar-refractivity contribution < 1.29 is 4.79 Å². The summed E-state index contributed by atoms with van der Waals surface area (Å²) in [6.45, 7) is 4.23. The Morgan fingerprint density at radius 3 is 2.90 bits per heavy atom. The van der Waals surface area contributed by atoms with E-state index in [0.717, 1.165) is 5.69 Å². The first kappa shape index (κ1) is 14.6. The minimum Gasteiger partial charge on any atom is -0.323 e. The van der Waals surface area contributed by atoms with Crippen LogP contribution < -0.4 is 10.6 Å². The van der Waals surface area contributed by atoms with E-state index in [1.807, 2.05) is 32.2 Å². The smallest absolute Gasteiger partial charge is 0.238 e. The van der Waals surface area contributed by atoms with Crippen LogP contribution in [0.3, 0.4) is 0 Å². The SMILES string of the molecule is CC(C)NCC(=O)Nc1cc(Cl)ccc1-n1cccn1. The number of carbonyl (C=O) groups excluding carboxylic acids is 1. The number of aromatic nitrogens is 2. The largest absolute Gasteiger partial charge is 0.323 e. The minimum absolute atomic E-state index is 0.116. The van der Waals surface area contributed by atoms with Crippen molar-refractivity contribution >= 4 is 23.2 Å². The van der Waals surface area contributed by atoms with Crippen LogP contribution in [-0.4, -0.2) is 28.3 Å². The molecule has 1 heterocycles. The Balaban J connectivity index is 2.18. The molecule has 0 atom stereocenters. The predicted molar refractivity (Wildman–Crippen MR) is 80.3 cm³/mol. The van der Waals surface area contributed by atoms with Crippen molar-refractivity contribution in [2.24, 2.45) is 0 Å². The zero-order chi connectivity index (χ0) is 14.5. The van der Waals surface area contributed by atoms with E-state index in [0.29, 0.717) is 10.7 Å². The average molecular weight is 293 g/mol. The van der Waals surface area contributed by atoms with Crippen LogP contribution in [0.1, 0.15) is 13.8 Å². The zero-order valence-corrected chi connectivity index (χ0v) is 12.2. The van der Waals surface area contributed by atoms with Crippen molar-refractivity contribution in [2.75, 3.05) is 11.9 Å². The quantitative estimate of drug-likeness (QED) is 0.890. The van der Waals surface area contributed by atoms with Crippen LogP contribution in [0.25, 0.3) is 5.69 Å². The second-order valence-electron chi connectivity index (χ2n) is 4.70. The molecule has 0 spiro atoms. The molecule has 5 nitrogen and oxygen atoms in total. The van der Waals surface area contributed by atoms with Crippen molar-refractivity contribution in [1.29, 1.82) is 0 Å². The summed E-state index contributed by atoms with van der Waals surface area (Å²) in [6, 6.07) is 7.37. The summed E-state index contributed by atoms with van der Waals surface area (Å²) >= 11 is 5.99. The predicted octanol–water partition coefficient (Wildman–Crippen LogP) is 2.46. The molecule has 1 aromatic heterocycles. The van der Waals surface area contributed by atoms with E-state index in [9.17, 15) is 4.79 Å². The van der Waals surface area contributed by atoms with Crippen molar-refractivity contribution in [3.8, 4) is 5.69 Å². The normalized spacial score (nSPS) is 10.8. The average Bonchev–Trinajstić information content (AvgIpc) is 2.90. The van der Waals surface area contributed by atoms with Gasteiger partial charge >= 0.3 is 0 Å². The van der Waals surface area contributed by atoms with Crippen LogP contribution in [0.4, 0.5) is 5.69 Å². The highest BCUT2D eigenvalue weighted by molar-refractivity contribution is 6.31. The third-order valence-corrected chi connectivity index (χ3v) is 2.89. The van der Waals surface area contributed by atoms with Crippen molar-refractivity contribution in [1.82, 2.24) is 15.1 Å². The number of halogens is 1. The summed E-state index contributed by atoms with van der Waals surface area (Å²) in [5, 5.41) is 10.6. The van der Waals surface area contributed by atoms with Crippen LogP contribution >= 0.6 is 11.6 Å². The van der Waals surface area contributed by atoms with E-state index in [4.69, 9.17) is 11.6 Å². The fourth-order valence-corrected chi connectivity index (χ4v) is 1.88. The van der Waals surface area contributed by atoms with Gasteiger partial charge in [-0.15, -0.1) is 0 Å². The minimum atomic E-state index is -0.116. The second kappa shape index (κ2) is 6.54. The molecule has 0 saturated heterocycles. The van der Waals surface area contributed by atoms with Crippen LogP contribution in [0.2, 0.25) is 5.02 Å². The number of amides is 1. The van der Waals surface area contributed by atoms with Gasteiger partial charge in [0.1, 0.15) is 0 Å². The molecule has 6 heteroatoms. The second-order valence-corrected chi connectivity index (χ2v) is 5.13. The van der Waals surface area contributed by atoms with Gasteiger partial charge in [-0.3, -0.25) is 4.79 Å². The van der Waals surface area contributed by atoms with Gasteiger partial charge < -0.3 is 10.6 Å². The topological polar surface area (TPSA) is 59.0 Å². The highest BCUT2D eigenvalue weighted by Crippen LogP contribution is 2.23. The van der Waals surface area contributed by atoms with Gasteiger partial charge in [0, 0.05) is 23.5 Å². The summed E-state index contributed by atoms with van der Waals surface area (Å²) < 4.78 is 1.68. The number of nitrogens with zero attached hydrogens (tertiary/aromatic N) is 2. The van der Waals surface area contributed by atoms with Gasteiger partial charge in [-0.05, 0) is 24.3 Å². The molecule has 1 amide bonds. The van der Waals surface area contributed by atoms with Gasteiger partial charge in [0.2, 0.25) is 5.91 Å². The van der Waals surface area contributed by atoms with Gasteiger partial charge in [-0.1, -0.05) is 25.4 Å². The van der Waals surface area contributed by atoms with E-state index in [-0.39, 0.29) is 18.5 Å². The van der Waals surface area contributed by atoms with Crippen molar-refractivity contribution in [2.45, 2.75) is 19.9 Å². The number of rotatable bonds is 5. The molecule has 0 bridgehead atoms. The standard InChI is InChI=1S/C14H17ClN4O/c1-10(2)16-9-14(20)18-12-8-11(15)4-5-13(12)19-7-3-6-17-19/h3-8,10,16H,9H2,1-2H3,(H,18,20). The summed E-state index contributed by atoms with van der Waals surface area (Å²) in [4.78, 5) is 11.9. The highest BCUT2D eigenvalue weighted by atomic mass is 35.5. The molecule has 2 N–H and O–H groups in total. The van der Waals surface area contributed by atoms with Crippen LogP contribution in [0.5, 0.6) is 0 Å². The molecule has 0 aliphatic heterocycles. The molecule has 0 aliphatic rings. The maximum absolute atomic E-state index is 11.9. The van der Waals surface area contributed by atoms with E-state index in [2.05, 4.69) is 15.7 Å². The Bertz CT molecular complexity index is 581. The number of anilines is 1. The van der Waals surface area contributed by atoms with Gasteiger partial charge in [0.25, 0.3) is 0 Å². The Labute approximate surface area is 122 Å². The zero-order valence-electron chi connectivity index (χ0n) is 11.4. The molecule has 2 aromatic rings. The third-order valence-electron chi connectivity index (χ3n) is 2.65. The number of hydrogen-bond donors (Lipinski definition) is 2. The molecule has 2 rings (SSSR count). The Morgan fingerprint density at radius 2 is 2.25 bits per heavy atom. The lowest BCUT2D eigenvalue weighted by Crippen LogP contribution is -2.32. The molecule has 0 saturated carbocycles. The van der Waals surface area contributed by atoms with Gasteiger partial charge in [-0.2, -0.15) is 5.10 Å². The monoisotopic (exact) mass is 292 g/mol. The Morgan fingerprint density at radius 1 is 1.45 bits per heavy atom. The van der Waals surface area contributed by atoms with Crippen LogP contribution in [-0.2, 0) is 4.79 Å². The molecule has 0 aliphatic carbocycles. The van der Waals surface area contributed by atoms with Crippen LogP contribution in [0, 0.1) is 0 Å². The molecule has 1 aromatic carbocycles. The van der Waals surface area contributed by atoms with Gasteiger partial charge in [0.05, 0.1) is 17.9 Å². The summed E-state index contributed by atoms with van der Waals surface area (Å²) in [5.74, 6) is -0.116.